The van der Waals surface area contributed by atoms with Crippen LogP contribution in [0.15, 0.2) is 0 Å². The molecule has 0 aliphatic rings. The molecular formula is C14H26N4O6. The van der Waals surface area contributed by atoms with E-state index in [1.807, 2.05) is 6.92 Å². The summed E-state index contributed by atoms with van der Waals surface area (Å²) in [5, 5.41) is 24.6. The first-order valence-corrected chi connectivity index (χ1v) is 7.60. The van der Waals surface area contributed by atoms with Gasteiger partial charge < -0.3 is 31.9 Å². The predicted molar refractivity (Wildman–Crippen MR) is 84.7 cm³/mol. The van der Waals surface area contributed by atoms with E-state index in [2.05, 4.69) is 16.0 Å². The number of hydrogen-bond acceptors (Lipinski definition) is 6. The molecule has 138 valence electrons. The van der Waals surface area contributed by atoms with Crippen molar-refractivity contribution >= 4 is 23.7 Å². The molecule has 4 unspecified atom stereocenters. The molecule has 10 nitrogen and oxygen atoms in total. The fourth-order valence-corrected chi connectivity index (χ4v) is 1.67. The summed E-state index contributed by atoms with van der Waals surface area (Å²) in [5.41, 5.74) is 5.29. The van der Waals surface area contributed by atoms with Crippen molar-refractivity contribution in [3.05, 3.63) is 0 Å². The number of carboxylic acid groups (broad SMARTS) is 1. The summed E-state index contributed by atoms with van der Waals surface area (Å²) in [7, 11) is 0. The molecule has 0 radical (unpaired) electrons. The molecule has 0 fully saturated rings. The number of hydrogen-bond donors (Lipinski definition) is 6. The Kier molecular flexibility index (Phi) is 9.58. The largest absolute Gasteiger partial charge is 0.480 e. The van der Waals surface area contributed by atoms with Crippen molar-refractivity contribution in [1.29, 1.82) is 0 Å². The zero-order valence-corrected chi connectivity index (χ0v) is 14.0. The smallest absolute Gasteiger partial charge is 0.325 e. The van der Waals surface area contributed by atoms with E-state index in [0.29, 0.717) is 6.42 Å². The summed E-state index contributed by atoms with van der Waals surface area (Å²) >= 11 is 0. The summed E-state index contributed by atoms with van der Waals surface area (Å²) in [4.78, 5) is 46.2. The summed E-state index contributed by atoms with van der Waals surface area (Å²) in [5.74, 6) is -3.38. The number of aliphatic hydroxyl groups is 1. The van der Waals surface area contributed by atoms with Gasteiger partial charge in [-0.05, 0) is 12.8 Å². The molecule has 0 aliphatic carbocycles. The van der Waals surface area contributed by atoms with Crippen molar-refractivity contribution in [3.63, 3.8) is 0 Å². The Balaban J connectivity index is 4.73. The maximum Gasteiger partial charge on any atom is 0.325 e. The Hall–Kier alpha value is -2.20. The molecule has 0 saturated heterocycles. The van der Waals surface area contributed by atoms with E-state index in [0.717, 1.165) is 0 Å². The van der Waals surface area contributed by atoms with Crippen LogP contribution in [0, 0.1) is 5.92 Å². The Morgan fingerprint density at radius 3 is 2.12 bits per heavy atom. The zero-order valence-electron chi connectivity index (χ0n) is 14.0. The summed E-state index contributed by atoms with van der Waals surface area (Å²) in [6, 6.07) is -3.17. The average molecular weight is 346 g/mol. The third-order valence-corrected chi connectivity index (χ3v) is 3.50. The van der Waals surface area contributed by atoms with Gasteiger partial charge in [0.05, 0.1) is 13.2 Å². The molecule has 0 aromatic carbocycles. The van der Waals surface area contributed by atoms with Gasteiger partial charge in [0.1, 0.15) is 18.1 Å². The molecule has 0 aromatic rings. The maximum absolute atomic E-state index is 12.2. The fourth-order valence-electron chi connectivity index (χ4n) is 1.67. The number of nitrogens with two attached hydrogens (primary N) is 1. The van der Waals surface area contributed by atoms with Gasteiger partial charge in [0.25, 0.3) is 0 Å². The SMILES string of the molecule is CCC(C)C(NC(=O)CNC(=O)C(N)CO)C(=O)NC(C)C(=O)O. The standard InChI is InChI=1S/C14H26N4O6/c1-4-7(2)11(13(22)17-8(3)14(23)24)18-10(20)5-16-12(21)9(15)6-19/h7-9,11,19H,4-6,15H2,1-3H3,(H,16,21)(H,17,22)(H,18,20)(H,23,24). The monoisotopic (exact) mass is 346 g/mol. The van der Waals surface area contributed by atoms with Crippen LogP contribution in [-0.2, 0) is 19.2 Å². The molecule has 3 amide bonds. The van der Waals surface area contributed by atoms with Gasteiger partial charge in [0.2, 0.25) is 17.7 Å². The minimum absolute atomic E-state index is 0.245. The molecule has 0 spiro atoms. The normalized spacial score (nSPS) is 15.5. The van der Waals surface area contributed by atoms with E-state index in [9.17, 15) is 19.2 Å². The zero-order chi connectivity index (χ0) is 18.9. The van der Waals surface area contributed by atoms with Crippen LogP contribution < -0.4 is 21.7 Å². The van der Waals surface area contributed by atoms with Gasteiger partial charge in [-0.1, -0.05) is 20.3 Å². The van der Waals surface area contributed by atoms with Crippen molar-refractivity contribution in [3.8, 4) is 0 Å². The number of amides is 3. The highest BCUT2D eigenvalue weighted by molar-refractivity contribution is 5.92. The van der Waals surface area contributed by atoms with Crippen molar-refractivity contribution in [1.82, 2.24) is 16.0 Å². The van der Waals surface area contributed by atoms with Gasteiger partial charge >= 0.3 is 5.97 Å². The number of carbonyl (C=O) groups excluding carboxylic acids is 3. The summed E-state index contributed by atoms with van der Waals surface area (Å²) in [6.45, 7) is 3.89. The highest BCUT2D eigenvalue weighted by atomic mass is 16.4. The molecule has 0 saturated carbocycles. The van der Waals surface area contributed by atoms with Gasteiger partial charge in [-0.2, -0.15) is 0 Å². The Morgan fingerprint density at radius 2 is 1.67 bits per heavy atom. The van der Waals surface area contributed by atoms with Crippen LogP contribution in [0.4, 0.5) is 0 Å². The van der Waals surface area contributed by atoms with Crippen molar-refractivity contribution in [2.24, 2.45) is 11.7 Å². The molecule has 10 heteroatoms. The van der Waals surface area contributed by atoms with Gasteiger partial charge in [-0.3, -0.25) is 19.2 Å². The number of rotatable bonds is 10. The molecule has 0 heterocycles. The lowest BCUT2D eigenvalue weighted by atomic mass is 9.98. The van der Waals surface area contributed by atoms with Crippen LogP contribution in [0.5, 0.6) is 0 Å². The van der Waals surface area contributed by atoms with Crippen LogP contribution in [-0.4, -0.2) is 65.2 Å². The lowest BCUT2D eigenvalue weighted by Gasteiger charge is -2.24. The first-order valence-electron chi connectivity index (χ1n) is 7.60. The Bertz CT molecular complexity index is 470. The quantitative estimate of drug-likeness (QED) is 0.255. The lowest BCUT2D eigenvalue weighted by molar-refractivity contribution is -0.142. The summed E-state index contributed by atoms with van der Waals surface area (Å²) < 4.78 is 0. The molecule has 0 rings (SSSR count). The molecule has 7 N–H and O–H groups in total. The minimum Gasteiger partial charge on any atom is -0.480 e. The second-order valence-corrected chi connectivity index (χ2v) is 5.51. The topological polar surface area (TPSA) is 171 Å². The van der Waals surface area contributed by atoms with E-state index in [1.54, 1.807) is 6.92 Å². The Labute approximate surface area is 140 Å². The van der Waals surface area contributed by atoms with E-state index < -0.39 is 55.0 Å². The van der Waals surface area contributed by atoms with Crippen molar-refractivity contribution in [2.75, 3.05) is 13.2 Å². The molecule has 24 heavy (non-hydrogen) atoms. The van der Waals surface area contributed by atoms with Crippen LogP contribution in [0.1, 0.15) is 27.2 Å². The maximum atomic E-state index is 12.2. The highest BCUT2D eigenvalue weighted by Gasteiger charge is 2.28. The van der Waals surface area contributed by atoms with Crippen LogP contribution in [0.2, 0.25) is 0 Å². The van der Waals surface area contributed by atoms with Crippen LogP contribution in [0.25, 0.3) is 0 Å². The predicted octanol–water partition coefficient (Wildman–Crippen LogP) is -2.46. The molecule has 4 atom stereocenters. The van der Waals surface area contributed by atoms with E-state index in [4.69, 9.17) is 15.9 Å². The number of carboxylic acids is 1. The molecule has 0 bridgehead atoms. The third-order valence-electron chi connectivity index (χ3n) is 3.50. The first kappa shape index (κ1) is 21.8. The number of carbonyl (C=O) groups is 4. The van der Waals surface area contributed by atoms with Gasteiger partial charge in [-0.15, -0.1) is 0 Å². The third kappa shape index (κ3) is 7.38. The van der Waals surface area contributed by atoms with E-state index in [1.165, 1.54) is 6.92 Å². The average Bonchev–Trinajstić information content (AvgIpc) is 2.55. The van der Waals surface area contributed by atoms with Crippen LogP contribution >= 0.6 is 0 Å². The number of aliphatic carboxylic acids is 1. The van der Waals surface area contributed by atoms with Crippen molar-refractivity contribution < 1.29 is 29.4 Å². The fraction of sp³-hybridized carbons (Fsp3) is 0.714. The first-order chi connectivity index (χ1) is 11.1. The summed E-state index contributed by atoms with van der Waals surface area (Å²) in [6.07, 6.45) is 0.571. The molecule has 0 aliphatic heterocycles. The van der Waals surface area contributed by atoms with Gasteiger partial charge in [0.15, 0.2) is 0 Å². The van der Waals surface area contributed by atoms with E-state index >= 15 is 0 Å². The Morgan fingerprint density at radius 1 is 1.08 bits per heavy atom. The molecule has 0 aromatic heterocycles. The van der Waals surface area contributed by atoms with Gasteiger partial charge in [0, 0.05) is 0 Å². The number of aliphatic hydroxyl groups excluding tert-OH is 1. The second kappa shape index (κ2) is 10.6. The highest BCUT2D eigenvalue weighted by Crippen LogP contribution is 2.08. The lowest BCUT2D eigenvalue weighted by Crippen LogP contribution is -2.55. The van der Waals surface area contributed by atoms with E-state index in [-0.39, 0.29) is 5.92 Å². The molecular weight excluding hydrogens is 320 g/mol. The second-order valence-electron chi connectivity index (χ2n) is 5.51. The van der Waals surface area contributed by atoms with Crippen molar-refractivity contribution in [2.45, 2.75) is 45.3 Å². The van der Waals surface area contributed by atoms with Crippen LogP contribution in [0.3, 0.4) is 0 Å². The number of nitrogens with one attached hydrogen (secondary N) is 3. The van der Waals surface area contributed by atoms with Gasteiger partial charge in [-0.25, -0.2) is 0 Å². The minimum atomic E-state index is -1.19.